The molecule has 2 aromatic rings. The van der Waals surface area contributed by atoms with Crippen molar-refractivity contribution < 1.29 is 0 Å². The molecular weight excluding hydrogens is 202 g/mol. The fraction of sp³-hybridized carbons (Fsp3) is 0.182. The van der Waals surface area contributed by atoms with Gasteiger partial charge in [-0.25, -0.2) is 4.98 Å². The lowest BCUT2D eigenvalue weighted by molar-refractivity contribution is 0.778. The highest BCUT2D eigenvalue weighted by atomic mass is 15.1. The fourth-order valence-corrected chi connectivity index (χ4v) is 1.40. The van der Waals surface area contributed by atoms with Crippen LogP contribution < -0.4 is 5.73 Å². The maximum Gasteiger partial charge on any atom is 0.217 e. The third-order valence-electron chi connectivity index (χ3n) is 2.26. The van der Waals surface area contributed by atoms with E-state index >= 15 is 0 Å². The van der Waals surface area contributed by atoms with Gasteiger partial charge in [-0.3, -0.25) is 9.55 Å². The van der Waals surface area contributed by atoms with Crippen molar-refractivity contribution >= 4 is 0 Å². The van der Waals surface area contributed by atoms with Crippen molar-refractivity contribution in [1.29, 1.82) is 5.26 Å². The van der Waals surface area contributed by atoms with Crippen LogP contribution in [-0.4, -0.2) is 14.5 Å². The summed E-state index contributed by atoms with van der Waals surface area (Å²) in [6.07, 6.45) is 4.99. The number of hydrogen-bond acceptors (Lipinski definition) is 4. The van der Waals surface area contributed by atoms with Gasteiger partial charge in [-0.05, 0) is 19.1 Å². The number of imidazole rings is 1. The van der Waals surface area contributed by atoms with Gasteiger partial charge in [-0.2, -0.15) is 5.26 Å². The third-order valence-corrected chi connectivity index (χ3v) is 2.26. The molecule has 0 unspecified atom stereocenters. The molecule has 16 heavy (non-hydrogen) atoms. The Hall–Kier alpha value is -2.19. The first-order valence-electron chi connectivity index (χ1n) is 4.87. The molecule has 5 nitrogen and oxygen atoms in total. The molecule has 0 amide bonds. The van der Waals surface area contributed by atoms with Crippen molar-refractivity contribution in [2.45, 2.75) is 13.0 Å². The van der Waals surface area contributed by atoms with E-state index in [1.807, 2.05) is 25.1 Å². The largest absolute Gasteiger partial charge is 0.323 e. The summed E-state index contributed by atoms with van der Waals surface area (Å²) >= 11 is 0. The Morgan fingerprint density at radius 2 is 2.25 bits per heavy atom. The minimum absolute atomic E-state index is 0.0905. The van der Waals surface area contributed by atoms with Gasteiger partial charge in [0.15, 0.2) is 0 Å². The zero-order chi connectivity index (χ0) is 11.5. The highest BCUT2D eigenvalue weighted by Gasteiger charge is 2.05. The molecule has 2 rings (SSSR count). The average molecular weight is 213 g/mol. The molecule has 0 radical (unpaired) electrons. The van der Waals surface area contributed by atoms with E-state index in [1.165, 1.54) is 0 Å². The number of nitrogens with zero attached hydrogens (tertiary/aromatic N) is 4. The summed E-state index contributed by atoms with van der Waals surface area (Å²) < 4.78 is 1.68. The second-order valence-corrected chi connectivity index (χ2v) is 3.46. The summed E-state index contributed by atoms with van der Waals surface area (Å²) in [4.78, 5) is 8.14. The first-order chi connectivity index (χ1) is 7.72. The summed E-state index contributed by atoms with van der Waals surface area (Å²) in [5.41, 5.74) is 7.33. The van der Waals surface area contributed by atoms with E-state index in [-0.39, 0.29) is 6.04 Å². The van der Waals surface area contributed by atoms with Gasteiger partial charge in [0.2, 0.25) is 5.82 Å². The normalized spacial score (nSPS) is 12.1. The number of hydrogen-bond donors (Lipinski definition) is 1. The maximum atomic E-state index is 8.84. The molecule has 0 aliphatic rings. The predicted molar refractivity (Wildman–Crippen MR) is 58.7 cm³/mol. The molecule has 0 aliphatic carbocycles. The van der Waals surface area contributed by atoms with Gasteiger partial charge in [0.25, 0.3) is 0 Å². The monoisotopic (exact) mass is 213 g/mol. The van der Waals surface area contributed by atoms with E-state index in [2.05, 4.69) is 9.97 Å². The molecule has 0 saturated carbocycles. The molecule has 0 aliphatic heterocycles. The molecule has 0 spiro atoms. The average Bonchev–Trinajstić information content (AvgIpc) is 2.77. The topological polar surface area (TPSA) is 80.5 Å². The first-order valence-corrected chi connectivity index (χ1v) is 4.87. The lowest BCUT2D eigenvalue weighted by atomic mass is 10.2. The zero-order valence-corrected chi connectivity index (χ0v) is 8.83. The summed E-state index contributed by atoms with van der Waals surface area (Å²) in [6, 6.07) is 5.64. The summed E-state index contributed by atoms with van der Waals surface area (Å²) in [6.45, 7) is 1.87. The van der Waals surface area contributed by atoms with E-state index in [9.17, 15) is 0 Å². The Morgan fingerprint density at radius 3 is 2.81 bits per heavy atom. The van der Waals surface area contributed by atoms with Gasteiger partial charge in [-0.1, -0.05) is 0 Å². The summed E-state index contributed by atoms with van der Waals surface area (Å²) in [5.74, 6) is 0.343. The molecule has 2 heterocycles. The van der Waals surface area contributed by atoms with Gasteiger partial charge in [-0.15, -0.1) is 0 Å². The minimum Gasteiger partial charge on any atom is -0.323 e. The maximum absolute atomic E-state index is 8.84. The van der Waals surface area contributed by atoms with Crippen molar-refractivity contribution in [3.8, 4) is 11.8 Å². The van der Waals surface area contributed by atoms with Crippen LogP contribution in [0.15, 0.2) is 30.7 Å². The third kappa shape index (κ3) is 1.78. The number of aromatic nitrogens is 3. The van der Waals surface area contributed by atoms with Crippen LogP contribution in [0.3, 0.4) is 0 Å². The van der Waals surface area contributed by atoms with Crippen molar-refractivity contribution in [3.05, 3.63) is 42.2 Å². The molecule has 2 N–H and O–H groups in total. The Morgan fingerprint density at radius 1 is 1.44 bits per heavy atom. The van der Waals surface area contributed by atoms with Gasteiger partial charge < -0.3 is 5.73 Å². The second-order valence-electron chi connectivity index (χ2n) is 3.46. The first kappa shape index (κ1) is 10.3. The van der Waals surface area contributed by atoms with Crippen LogP contribution in [0, 0.1) is 11.3 Å². The number of rotatable bonds is 2. The highest BCUT2D eigenvalue weighted by molar-refractivity contribution is 5.34. The van der Waals surface area contributed by atoms with Crippen LogP contribution in [0.25, 0.3) is 5.69 Å². The molecule has 0 fully saturated rings. The van der Waals surface area contributed by atoms with Crippen molar-refractivity contribution in [3.63, 3.8) is 0 Å². The number of pyridine rings is 1. The summed E-state index contributed by atoms with van der Waals surface area (Å²) in [5, 5.41) is 8.84. The quantitative estimate of drug-likeness (QED) is 0.811. The SMILES string of the molecule is C[C@H](N)c1ccc(-n2ccnc2C#N)cn1. The van der Waals surface area contributed by atoms with Gasteiger partial charge in [0.05, 0.1) is 17.6 Å². The van der Waals surface area contributed by atoms with Crippen LogP contribution in [0.2, 0.25) is 0 Å². The van der Waals surface area contributed by atoms with Crippen LogP contribution >= 0.6 is 0 Å². The number of nitriles is 1. The Kier molecular flexibility index (Phi) is 2.66. The Balaban J connectivity index is 2.39. The molecule has 80 valence electrons. The highest BCUT2D eigenvalue weighted by Crippen LogP contribution is 2.12. The summed E-state index contributed by atoms with van der Waals surface area (Å²) in [7, 11) is 0. The lowest BCUT2D eigenvalue weighted by Gasteiger charge is -2.06. The van der Waals surface area contributed by atoms with E-state index in [1.54, 1.807) is 23.2 Å². The predicted octanol–water partition coefficient (Wildman–Crippen LogP) is 1.16. The van der Waals surface area contributed by atoms with Crippen LogP contribution in [0.5, 0.6) is 0 Å². The van der Waals surface area contributed by atoms with E-state index in [0.29, 0.717) is 5.82 Å². The van der Waals surface area contributed by atoms with Crippen molar-refractivity contribution in [2.24, 2.45) is 5.73 Å². The van der Waals surface area contributed by atoms with Gasteiger partial charge in [0, 0.05) is 18.4 Å². The van der Waals surface area contributed by atoms with E-state index < -0.39 is 0 Å². The molecule has 0 bridgehead atoms. The Labute approximate surface area is 93.2 Å². The van der Waals surface area contributed by atoms with Gasteiger partial charge >= 0.3 is 0 Å². The fourth-order valence-electron chi connectivity index (χ4n) is 1.40. The van der Waals surface area contributed by atoms with Crippen LogP contribution in [0.1, 0.15) is 24.5 Å². The van der Waals surface area contributed by atoms with Crippen LogP contribution in [-0.2, 0) is 0 Å². The molecule has 5 heteroatoms. The second kappa shape index (κ2) is 4.13. The molecule has 1 atom stereocenters. The van der Waals surface area contributed by atoms with Crippen molar-refractivity contribution in [2.75, 3.05) is 0 Å². The lowest BCUT2D eigenvalue weighted by Crippen LogP contribution is -2.07. The molecule has 0 saturated heterocycles. The smallest absolute Gasteiger partial charge is 0.217 e. The zero-order valence-electron chi connectivity index (χ0n) is 8.83. The van der Waals surface area contributed by atoms with E-state index in [4.69, 9.17) is 11.0 Å². The minimum atomic E-state index is -0.0905. The number of nitrogens with two attached hydrogens (primary N) is 1. The van der Waals surface area contributed by atoms with Gasteiger partial charge in [0.1, 0.15) is 6.07 Å². The molecule has 0 aromatic carbocycles. The Bertz CT molecular complexity index is 518. The standard InChI is InChI=1S/C11H11N5/c1-8(13)10-3-2-9(7-15-10)16-5-4-14-11(16)6-12/h2-5,7-8H,13H2,1H3/t8-/m0/s1. The molecule has 2 aromatic heterocycles. The van der Waals surface area contributed by atoms with Crippen molar-refractivity contribution in [1.82, 2.24) is 14.5 Å². The van der Waals surface area contributed by atoms with Crippen LogP contribution in [0.4, 0.5) is 0 Å². The molecular formula is C11H11N5. The van der Waals surface area contributed by atoms with E-state index in [0.717, 1.165) is 11.4 Å².